The molecule has 1 N–H and O–H groups in total. The van der Waals surface area contributed by atoms with Crippen molar-refractivity contribution in [2.45, 2.75) is 26.2 Å². The zero-order valence-corrected chi connectivity index (χ0v) is 11.1. The van der Waals surface area contributed by atoms with Crippen molar-refractivity contribution < 1.29 is 4.79 Å². The van der Waals surface area contributed by atoms with Crippen LogP contribution in [-0.4, -0.2) is 17.4 Å². The van der Waals surface area contributed by atoms with Gasteiger partial charge in [-0.15, -0.1) is 0 Å². The van der Waals surface area contributed by atoms with E-state index in [0.717, 1.165) is 36.5 Å². The van der Waals surface area contributed by atoms with Crippen LogP contribution in [-0.2, 0) is 11.2 Å². The molecule has 0 spiro atoms. The second-order valence-corrected chi connectivity index (χ2v) is 5.61. The molecule has 1 amide bonds. The van der Waals surface area contributed by atoms with Gasteiger partial charge in [0.25, 0.3) is 0 Å². The molecule has 2 rings (SSSR count). The van der Waals surface area contributed by atoms with Crippen molar-refractivity contribution in [2.24, 2.45) is 5.92 Å². The van der Waals surface area contributed by atoms with E-state index in [0.29, 0.717) is 0 Å². The van der Waals surface area contributed by atoms with Gasteiger partial charge in [0.2, 0.25) is 5.91 Å². The third kappa shape index (κ3) is 3.25. The van der Waals surface area contributed by atoms with Crippen molar-refractivity contribution in [1.82, 2.24) is 0 Å². The highest BCUT2D eigenvalue weighted by atomic mass is 32.2. The molecule has 0 aliphatic carbocycles. The topological polar surface area (TPSA) is 29.1 Å². The van der Waals surface area contributed by atoms with Gasteiger partial charge in [-0.25, -0.2) is 0 Å². The molecule has 92 valence electrons. The summed E-state index contributed by atoms with van der Waals surface area (Å²) >= 11 is 1.95. The number of anilines is 1. The van der Waals surface area contributed by atoms with Gasteiger partial charge >= 0.3 is 0 Å². The van der Waals surface area contributed by atoms with Gasteiger partial charge in [-0.2, -0.15) is 11.8 Å². The van der Waals surface area contributed by atoms with Crippen LogP contribution in [0.25, 0.3) is 0 Å². The Morgan fingerprint density at radius 3 is 2.76 bits per heavy atom. The molecule has 1 saturated heterocycles. The first-order valence-corrected chi connectivity index (χ1v) is 7.43. The average molecular weight is 249 g/mol. The number of benzene rings is 1. The summed E-state index contributed by atoms with van der Waals surface area (Å²) in [5, 5.41) is 3.08. The maximum Gasteiger partial charge on any atom is 0.227 e. The van der Waals surface area contributed by atoms with E-state index in [1.165, 1.54) is 5.56 Å². The first kappa shape index (κ1) is 12.5. The number of hydrogen-bond acceptors (Lipinski definition) is 2. The van der Waals surface area contributed by atoms with Crippen LogP contribution in [0, 0.1) is 5.92 Å². The monoisotopic (exact) mass is 249 g/mol. The fraction of sp³-hybridized carbons (Fsp3) is 0.500. The first-order valence-electron chi connectivity index (χ1n) is 6.27. The van der Waals surface area contributed by atoms with E-state index in [-0.39, 0.29) is 11.8 Å². The number of carbonyl (C=O) groups excluding carboxylic acids is 1. The molecule has 2 nitrogen and oxygen atoms in total. The lowest BCUT2D eigenvalue weighted by Crippen LogP contribution is -2.26. The van der Waals surface area contributed by atoms with Crippen molar-refractivity contribution in [3.8, 4) is 0 Å². The number of amides is 1. The highest BCUT2D eigenvalue weighted by Crippen LogP contribution is 2.25. The van der Waals surface area contributed by atoms with E-state index in [9.17, 15) is 4.79 Å². The van der Waals surface area contributed by atoms with Crippen LogP contribution in [0.1, 0.15) is 25.3 Å². The van der Waals surface area contributed by atoms with Crippen molar-refractivity contribution in [1.29, 1.82) is 0 Å². The predicted octanol–water partition coefficient (Wildman–Crippen LogP) is 3.33. The zero-order valence-electron chi connectivity index (χ0n) is 10.2. The summed E-state index contributed by atoms with van der Waals surface area (Å²) in [4.78, 5) is 12.1. The number of hydrogen-bond donors (Lipinski definition) is 1. The molecular weight excluding hydrogens is 230 g/mol. The third-order valence-corrected chi connectivity index (χ3v) is 4.30. The van der Waals surface area contributed by atoms with Crippen molar-refractivity contribution in [2.75, 3.05) is 16.8 Å². The Labute approximate surface area is 107 Å². The molecular formula is C14H19NOS. The van der Waals surface area contributed by atoms with E-state index in [4.69, 9.17) is 0 Å². The number of thioether (sulfide) groups is 1. The van der Waals surface area contributed by atoms with Crippen LogP contribution in [0.2, 0.25) is 0 Å². The van der Waals surface area contributed by atoms with E-state index < -0.39 is 0 Å². The van der Waals surface area contributed by atoms with Gasteiger partial charge in [0.05, 0.1) is 0 Å². The highest BCUT2D eigenvalue weighted by Gasteiger charge is 2.21. The number of carbonyl (C=O) groups is 1. The Morgan fingerprint density at radius 1 is 1.35 bits per heavy atom. The van der Waals surface area contributed by atoms with E-state index >= 15 is 0 Å². The summed E-state index contributed by atoms with van der Waals surface area (Å²) in [6, 6.07) is 8.07. The van der Waals surface area contributed by atoms with Crippen LogP contribution >= 0.6 is 11.8 Å². The van der Waals surface area contributed by atoms with Crippen molar-refractivity contribution in [3.05, 3.63) is 29.8 Å². The molecule has 3 heteroatoms. The number of rotatable bonds is 3. The van der Waals surface area contributed by atoms with Gasteiger partial charge in [-0.1, -0.05) is 25.1 Å². The van der Waals surface area contributed by atoms with Crippen LogP contribution < -0.4 is 5.32 Å². The van der Waals surface area contributed by atoms with Gasteiger partial charge in [0.1, 0.15) is 0 Å². The maximum atomic E-state index is 12.1. The molecule has 1 aromatic rings. The Morgan fingerprint density at radius 2 is 2.06 bits per heavy atom. The average Bonchev–Trinajstić information content (AvgIpc) is 2.40. The molecule has 1 heterocycles. The SMILES string of the molecule is CCc1ccccc1NC(=O)C1CCSCC1. The minimum absolute atomic E-state index is 0.200. The lowest BCUT2D eigenvalue weighted by Gasteiger charge is -2.21. The zero-order chi connectivity index (χ0) is 12.1. The minimum atomic E-state index is 0.200. The van der Waals surface area contributed by atoms with Gasteiger partial charge in [0, 0.05) is 11.6 Å². The lowest BCUT2D eigenvalue weighted by molar-refractivity contribution is -0.120. The number of para-hydroxylation sites is 1. The molecule has 1 aliphatic heterocycles. The number of nitrogens with one attached hydrogen (secondary N) is 1. The highest BCUT2D eigenvalue weighted by molar-refractivity contribution is 7.99. The maximum absolute atomic E-state index is 12.1. The van der Waals surface area contributed by atoms with Crippen molar-refractivity contribution >= 4 is 23.4 Å². The molecule has 0 unspecified atom stereocenters. The van der Waals surface area contributed by atoms with Gasteiger partial charge in [0.15, 0.2) is 0 Å². The largest absolute Gasteiger partial charge is 0.326 e. The second kappa shape index (κ2) is 6.10. The Kier molecular flexibility index (Phi) is 4.49. The Hall–Kier alpha value is -0.960. The summed E-state index contributed by atoms with van der Waals surface area (Å²) < 4.78 is 0. The molecule has 1 aliphatic rings. The van der Waals surface area contributed by atoms with E-state index in [2.05, 4.69) is 18.3 Å². The molecule has 1 aromatic carbocycles. The first-order chi connectivity index (χ1) is 8.31. The Bertz CT molecular complexity index is 386. The molecule has 0 bridgehead atoms. The minimum Gasteiger partial charge on any atom is -0.326 e. The summed E-state index contributed by atoms with van der Waals surface area (Å²) in [6.07, 6.45) is 2.99. The summed E-state index contributed by atoms with van der Waals surface area (Å²) in [5.74, 6) is 2.65. The molecule has 0 aromatic heterocycles. The summed E-state index contributed by atoms with van der Waals surface area (Å²) in [5.41, 5.74) is 2.20. The smallest absolute Gasteiger partial charge is 0.227 e. The van der Waals surface area contributed by atoms with Gasteiger partial charge in [-0.05, 0) is 42.4 Å². The quantitative estimate of drug-likeness (QED) is 0.890. The van der Waals surface area contributed by atoms with Gasteiger partial charge < -0.3 is 5.32 Å². The summed E-state index contributed by atoms with van der Waals surface area (Å²) in [7, 11) is 0. The van der Waals surface area contributed by atoms with Crippen LogP contribution in [0.3, 0.4) is 0 Å². The third-order valence-electron chi connectivity index (χ3n) is 3.25. The molecule has 17 heavy (non-hydrogen) atoms. The van der Waals surface area contributed by atoms with Crippen LogP contribution in [0.15, 0.2) is 24.3 Å². The van der Waals surface area contributed by atoms with E-state index in [1.807, 2.05) is 30.0 Å². The predicted molar refractivity (Wildman–Crippen MR) is 74.5 cm³/mol. The van der Waals surface area contributed by atoms with Crippen LogP contribution in [0.4, 0.5) is 5.69 Å². The van der Waals surface area contributed by atoms with E-state index in [1.54, 1.807) is 0 Å². The fourth-order valence-electron chi connectivity index (χ4n) is 2.15. The standard InChI is InChI=1S/C14H19NOS/c1-2-11-5-3-4-6-13(11)15-14(16)12-7-9-17-10-8-12/h3-6,12H,2,7-10H2,1H3,(H,15,16). The van der Waals surface area contributed by atoms with Gasteiger partial charge in [-0.3, -0.25) is 4.79 Å². The second-order valence-electron chi connectivity index (χ2n) is 4.39. The molecule has 1 fully saturated rings. The summed E-state index contributed by atoms with van der Waals surface area (Å²) in [6.45, 7) is 2.11. The molecule has 0 atom stereocenters. The molecule has 0 saturated carbocycles. The normalized spacial score (nSPS) is 16.8. The van der Waals surface area contributed by atoms with Crippen molar-refractivity contribution in [3.63, 3.8) is 0 Å². The lowest BCUT2D eigenvalue weighted by atomic mass is 10.0. The molecule has 0 radical (unpaired) electrons. The Balaban J connectivity index is 2.01. The van der Waals surface area contributed by atoms with Crippen LogP contribution in [0.5, 0.6) is 0 Å². The fourth-order valence-corrected chi connectivity index (χ4v) is 3.25. The number of aryl methyl sites for hydroxylation is 1.